The van der Waals surface area contributed by atoms with Gasteiger partial charge in [-0.25, -0.2) is 0 Å². The molecule has 0 bridgehead atoms. The molecule has 1 aliphatic rings. The zero-order chi connectivity index (χ0) is 7.61. The summed E-state index contributed by atoms with van der Waals surface area (Å²) in [4.78, 5) is 10.3. The Morgan fingerprint density at radius 3 is 2.90 bits per heavy atom. The molecule has 0 saturated carbocycles. The first-order valence-corrected chi connectivity index (χ1v) is 3.48. The number of hydrogen-bond donors (Lipinski definition) is 1. The van der Waals surface area contributed by atoms with E-state index in [1.165, 1.54) is 0 Å². The predicted molar refractivity (Wildman–Crippen MR) is 35.8 cm³/mol. The van der Waals surface area contributed by atoms with Crippen LogP contribution in [0.1, 0.15) is 26.2 Å². The highest BCUT2D eigenvalue weighted by Crippen LogP contribution is 2.27. The Kier molecular flexibility index (Phi) is 1.94. The molecule has 58 valence electrons. The molecule has 0 aromatic rings. The van der Waals surface area contributed by atoms with E-state index in [1.807, 2.05) is 6.92 Å². The minimum atomic E-state index is -0.774. The van der Waals surface area contributed by atoms with Crippen molar-refractivity contribution in [2.45, 2.75) is 31.8 Å². The van der Waals surface area contributed by atoms with Gasteiger partial charge in [0, 0.05) is 6.61 Å². The summed E-state index contributed by atoms with van der Waals surface area (Å²) < 4.78 is 5.27. The lowest BCUT2D eigenvalue weighted by molar-refractivity contribution is -0.142. The molecule has 1 atom stereocenters. The molecule has 1 fully saturated rings. The molecule has 1 heterocycles. The molecule has 0 aromatic carbocycles. The van der Waals surface area contributed by atoms with Crippen LogP contribution in [0.5, 0.6) is 0 Å². The number of hydrogen-bond acceptors (Lipinski definition) is 2. The van der Waals surface area contributed by atoms with Gasteiger partial charge in [0.1, 0.15) is 0 Å². The summed E-state index contributed by atoms with van der Waals surface area (Å²) in [6.45, 7) is 2.57. The van der Waals surface area contributed by atoms with Crippen molar-refractivity contribution in [3.8, 4) is 0 Å². The molecule has 1 rings (SSSR count). The highest BCUT2D eigenvalue weighted by atomic mass is 16.5. The topological polar surface area (TPSA) is 46.5 Å². The molecule has 10 heavy (non-hydrogen) atoms. The average Bonchev–Trinajstić information content (AvgIpc) is 2.12. The van der Waals surface area contributed by atoms with Crippen molar-refractivity contribution < 1.29 is 14.6 Å². The molecule has 0 radical (unpaired) electrons. The van der Waals surface area contributed by atoms with E-state index >= 15 is 0 Å². The molecule has 0 aliphatic carbocycles. The van der Waals surface area contributed by atoms with Crippen LogP contribution in [0, 0.1) is 0 Å². The van der Waals surface area contributed by atoms with Gasteiger partial charge in [-0.3, -0.25) is 4.79 Å². The Bertz CT molecular complexity index is 136. The fourth-order valence-electron chi connectivity index (χ4n) is 1.30. The third-order valence-electron chi connectivity index (χ3n) is 1.83. The molecule has 1 saturated heterocycles. The summed E-state index contributed by atoms with van der Waals surface area (Å²) in [5.74, 6) is -0.774. The van der Waals surface area contributed by atoms with Crippen molar-refractivity contribution in [3.05, 3.63) is 0 Å². The van der Waals surface area contributed by atoms with E-state index in [4.69, 9.17) is 9.84 Å². The number of carboxylic acid groups (broad SMARTS) is 1. The van der Waals surface area contributed by atoms with Gasteiger partial charge in [-0.1, -0.05) is 0 Å². The quantitative estimate of drug-likeness (QED) is 0.629. The Morgan fingerprint density at radius 1 is 1.80 bits per heavy atom. The monoisotopic (exact) mass is 144 g/mol. The molecular formula is C7H12O3. The Morgan fingerprint density at radius 2 is 2.50 bits per heavy atom. The van der Waals surface area contributed by atoms with Gasteiger partial charge in [-0.15, -0.1) is 0 Å². The number of ether oxygens (including phenoxy) is 1. The molecule has 0 aromatic heterocycles. The minimum absolute atomic E-state index is 0.132. The number of rotatable bonds is 2. The number of carboxylic acids is 1. The van der Waals surface area contributed by atoms with Gasteiger partial charge in [0.2, 0.25) is 0 Å². The maximum Gasteiger partial charge on any atom is 0.306 e. The first-order valence-electron chi connectivity index (χ1n) is 3.48. The molecule has 0 spiro atoms. The van der Waals surface area contributed by atoms with Crippen LogP contribution in [-0.4, -0.2) is 23.3 Å². The van der Waals surface area contributed by atoms with Crippen molar-refractivity contribution in [1.82, 2.24) is 0 Å². The molecule has 3 nitrogen and oxygen atoms in total. The first-order chi connectivity index (χ1) is 4.62. The number of aliphatic carboxylic acids is 1. The van der Waals surface area contributed by atoms with Crippen LogP contribution in [0.15, 0.2) is 0 Å². The van der Waals surface area contributed by atoms with Crippen LogP contribution in [0.3, 0.4) is 0 Å². The maximum atomic E-state index is 10.3. The first kappa shape index (κ1) is 7.54. The van der Waals surface area contributed by atoms with Crippen LogP contribution in [0.25, 0.3) is 0 Å². The molecule has 1 unspecified atom stereocenters. The zero-order valence-electron chi connectivity index (χ0n) is 6.09. The lowest BCUT2D eigenvalue weighted by atomic mass is 9.99. The fraction of sp³-hybridized carbons (Fsp3) is 0.857. The maximum absolute atomic E-state index is 10.3. The van der Waals surface area contributed by atoms with Gasteiger partial charge in [-0.05, 0) is 19.8 Å². The summed E-state index contributed by atoms with van der Waals surface area (Å²) in [5.41, 5.74) is -0.383. The lowest BCUT2D eigenvalue weighted by Crippen LogP contribution is -2.26. The summed E-state index contributed by atoms with van der Waals surface area (Å²) in [5, 5.41) is 8.46. The third kappa shape index (κ3) is 1.70. The predicted octanol–water partition coefficient (Wildman–Crippen LogP) is 1.03. The van der Waals surface area contributed by atoms with E-state index in [0.29, 0.717) is 6.61 Å². The average molecular weight is 144 g/mol. The lowest BCUT2D eigenvalue weighted by Gasteiger charge is -2.19. The van der Waals surface area contributed by atoms with Crippen molar-refractivity contribution in [1.29, 1.82) is 0 Å². The summed E-state index contributed by atoms with van der Waals surface area (Å²) in [6, 6.07) is 0. The Hall–Kier alpha value is -0.570. The van der Waals surface area contributed by atoms with Gasteiger partial charge in [0.05, 0.1) is 12.0 Å². The molecule has 1 N–H and O–H groups in total. The molecule has 0 amide bonds. The molecule has 1 aliphatic heterocycles. The highest BCUT2D eigenvalue weighted by molar-refractivity contribution is 5.68. The van der Waals surface area contributed by atoms with Gasteiger partial charge < -0.3 is 9.84 Å². The molecule has 3 heteroatoms. The van der Waals surface area contributed by atoms with E-state index in [9.17, 15) is 4.79 Å². The highest BCUT2D eigenvalue weighted by Gasteiger charge is 2.31. The second-order valence-corrected chi connectivity index (χ2v) is 2.97. The van der Waals surface area contributed by atoms with Gasteiger partial charge in [-0.2, -0.15) is 0 Å². The van der Waals surface area contributed by atoms with Gasteiger partial charge >= 0.3 is 5.97 Å². The van der Waals surface area contributed by atoms with Gasteiger partial charge in [0.25, 0.3) is 0 Å². The van der Waals surface area contributed by atoms with E-state index in [0.717, 1.165) is 12.8 Å². The standard InChI is InChI=1S/C7H12O3/c1-7(5-6(8)9)3-2-4-10-7/h2-5H2,1H3,(H,8,9). The van der Waals surface area contributed by atoms with Gasteiger partial charge in [0.15, 0.2) is 0 Å². The van der Waals surface area contributed by atoms with Crippen molar-refractivity contribution in [2.75, 3.05) is 6.61 Å². The molecular weight excluding hydrogens is 132 g/mol. The largest absolute Gasteiger partial charge is 0.481 e. The summed E-state index contributed by atoms with van der Waals surface area (Å²) in [7, 11) is 0. The third-order valence-corrected chi connectivity index (χ3v) is 1.83. The van der Waals surface area contributed by atoms with Crippen LogP contribution >= 0.6 is 0 Å². The Labute approximate surface area is 60.0 Å². The second-order valence-electron chi connectivity index (χ2n) is 2.97. The van der Waals surface area contributed by atoms with E-state index in [-0.39, 0.29) is 12.0 Å². The minimum Gasteiger partial charge on any atom is -0.481 e. The smallest absolute Gasteiger partial charge is 0.306 e. The SMILES string of the molecule is CC1(CC(=O)O)CCCO1. The van der Waals surface area contributed by atoms with Crippen LogP contribution in [0.2, 0.25) is 0 Å². The van der Waals surface area contributed by atoms with Crippen molar-refractivity contribution in [3.63, 3.8) is 0 Å². The Balaban J connectivity index is 2.43. The number of carbonyl (C=O) groups is 1. The summed E-state index contributed by atoms with van der Waals surface area (Å²) in [6.07, 6.45) is 2.00. The van der Waals surface area contributed by atoms with Crippen molar-refractivity contribution >= 4 is 5.97 Å². The van der Waals surface area contributed by atoms with Crippen LogP contribution < -0.4 is 0 Å². The zero-order valence-corrected chi connectivity index (χ0v) is 6.09. The fourth-order valence-corrected chi connectivity index (χ4v) is 1.30. The van der Waals surface area contributed by atoms with E-state index in [1.54, 1.807) is 0 Å². The second kappa shape index (κ2) is 2.58. The van der Waals surface area contributed by atoms with Crippen molar-refractivity contribution in [2.24, 2.45) is 0 Å². The van der Waals surface area contributed by atoms with E-state index in [2.05, 4.69) is 0 Å². The van der Waals surface area contributed by atoms with E-state index < -0.39 is 5.97 Å². The van der Waals surface area contributed by atoms with Crippen LogP contribution in [0.4, 0.5) is 0 Å². The normalized spacial score (nSPS) is 32.5. The van der Waals surface area contributed by atoms with Crippen LogP contribution in [-0.2, 0) is 9.53 Å². The summed E-state index contributed by atoms with van der Waals surface area (Å²) >= 11 is 0.